The molecule has 2 aromatic carbocycles. The number of amides is 2. The summed E-state index contributed by atoms with van der Waals surface area (Å²) in [5.41, 5.74) is 0.411. The molecule has 0 saturated carbocycles. The highest BCUT2D eigenvalue weighted by atomic mass is 35.5. The van der Waals surface area contributed by atoms with Gasteiger partial charge in [-0.05, 0) is 42.5 Å². The molecule has 1 aliphatic heterocycles. The monoisotopic (exact) mass is 588 g/mol. The van der Waals surface area contributed by atoms with Gasteiger partial charge in [0.2, 0.25) is 5.91 Å². The molecule has 2 amide bonds. The van der Waals surface area contributed by atoms with E-state index in [9.17, 15) is 22.8 Å². The Morgan fingerprint density at radius 3 is 2.51 bits per heavy atom. The number of nitrogens with zero attached hydrogens (tertiary/aromatic N) is 2. The lowest BCUT2D eigenvalue weighted by atomic mass is 9.73. The standard InChI is InChI=1S/C29H33ClN2O5S2/c1-20(2)29(13-15-32(29)27(34)25-18-38-26-12-5-4-11-24(25)26)28(35)31(17-21-8-6-9-22(30)16-21)14-7-10-23(33)19-39(3,36)37/h4-6,8-9,11-12,16,18,20H,7,10,13-15,17,19H2,1-3H3. The molecule has 1 saturated heterocycles. The molecular formula is C29H33ClN2O5S2. The van der Waals surface area contributed by atoms with Gasteiger partial charge >= 0.3 is 0 Å². The van der Waals surface area contributed by atoms with Crippen LogP contribution in [0.5, 0.6) is 0 Å². The van der Waals surface area contributed by atoms with E-state index in [1.807, 2.05) is 55.6 Å². The van der Waals surface area contributed by atoms with Gasteiger partial charge in [0.15, 0.2) is 9.84 Å². The van der Waals surface area contributed by atoms with Crippen LogP contribution in [0.25, 0.3) is 10.1 Å². The van der Waals surface area contributed by atoms with Crippen molar-refractivity contribution >= 4 is 60.5 Å². The lowest BCUT2D eigenvalue weighted by Gasteiger charge is -2.55. The van der Waals surface area contributed by atoms with Crippen LogP contribution in [0, 0.1) is 5.92 Å². The number of halogens is 1. The van der Waals surface area contributed by atoms with E-state index < -0.39 is 21.1 Å². The molecule has 4 rings (SSSR count). The van der Waals surface area contributed by atoms with Crippen molar-refractivity contribution < 1.29 is 22.8 Å². The van der Waals surface area contributed by atoms with Crippen molar-refractivity contribution in [2.45, 2.75) is 45.2 Å². The molecule has 2 heterocycles. The third kappa shape index (κ3) is 6.36. The second-order valence-corrected chi connectivity index (χ2v) is 14.0. The summed E-state index contributed by atoms with van der Waals surface area (Å²) in [6, 6.07) is 15.0. The van der Waals surface area contributed by atoms with Crippen LogP contribution in [-0.2, 0) is 26.0 Å². The van der Waals surface area contributed by atoms with Crippen LogP contribution in [0.3, 0.4) is 0 Å². The van der Waals surface area contributed by atoms with Crippen molar-refractivity contribution in [1.82, 2.24) is 9.80 Å². The molecule has 1 unspecified atom stereocenters. The van der Waals surface area contributed by atoms with Crippen LogP contribution in [-0.4, -0.2) is 66.5 Å². The van der Waals surface area contributed by atoms with Crippen LogP contribution in [0.4, 0.5) is 0 Å². The van der Waals surface area contributed by atoms with Gasteiger partial charge < -0.3 is 9.80 Å². The molecule has 208 valence electrons. The predicted molar refractivity (Wildman–Crippen MR) is 156 cm³/mol. The Kier molecular flexibility index (Phi) is 8.83. The van der Waals surface area contributed by atoms with Crippen LogP contribution in [0.15, 0.2) is 53.9 Å². The van der Waals surface area contributed by atoms with E-state index in [4.69, 9.17) is 11.6 Å². The van der Waals surface area contributed by atoms with Crippen molar-refractivity contribution in [2.24, 2.45) is 5.92 Å². The number of carbonyl (C=O) groups excluding carboxylic acids is 3. The number of rotatable bonds is 11. The van der Waals surface area contributed by atoms with E-state index in [2.05, 4.69) is 0 Å². The summed E-state index contributed by atoms with van der Waals surface area (Å²) in [5.74, 6) is -1.38. The molecule has 10 heteroatoms. The molecule has 1 fully saturated rings. The number of sulfone groups is 1. The topological polar surface area (TPSA) is 91.8 Å². The number of hydrogen-bond donors (Lipinski definition) is 0. The minimum atomic E-state index is -3.42. The quantitative estimate of drug-likeness (QED) is 0.306. The predicted octanol–water partition coefficient (Wildman–Crippen LogP) is 5.22. The lowest BCUT2D eigenvalue weighted by Crippen LogP contribution is -2.71. The number of hydrogen-bond acceptors (Lipinski definition) is 6. The van der Waals surface area contributed by atoms with Gasteiger partial charge in [-0.3, -0.25) is 14.4 Å². The van der Waals surface area contributed by atoms with Crippen molar-refractivity contribution in [1.29, 1.82) is 0 Å². The molecule has 0 aliphatic carbocycles. The summed E-state index contributed by atoms with van der Waals surface area (Å²) < 4.78 is 24.1. The fourth-order valence-corrected chi connectivity index (χ4v) is 7.20. The third-order valence-corrected chi connectivity index (χ3v) is 9.38. The molecule has 0 bridgehead atoms. The summed E-state index contributed by atoms with van der Waals surface area (Å²) in [5, 5.41) is 3.29. The molecule has 1 atom stereocenters. The number of thiophene rings is 1. The average Bonchev–Trinajstić information content (AvgIpc) is 3.26. The number of Topliss-reactive ketones (excluding diaryl/α,β-unsaturated/α-hetero) is 1. The molecule has 39 heavy (non-hydrogen) atoms. The Hall–Kier alpha value is -2.75. The van der Waals surface area contributed by atoms with Gasteiger partial charge in [-0.15, -0.1) is 11.3 Å². The second kappa shape index (κ2) is 11.8. The molecule has 0 N–H and O–H groups in total. The van der Waals surface area contributed by atoms with Crippen molar-refractivity contribution in [2.75, 3.05) is 25.1 Å². The third-order valence-electron chi connectivity index (χ3n) is 7.34. The highest BCUT2D eigenvalue weighted by Crippen LogP contribution is 2.42. The Morgan fingerprint density at radius 2 is 1.87 bits per heavy atom. The van der Waals surface area contributed by atoms with Crippen molar-refractivity contribution in [3.8, 4) is 0 Å². The van der Waals surface area contributed by atoms with Gasteiger partial charge in [-0.1, -0.05) is 55.8 Å². The smallest absolute Gasteiger partial charge is 0.256 e. The van der Waals surface area contributed by atoms with Crippen LogP contribution < -0.4 is 0 Å². The first-order valence-corrected chi connectivity index (χ1v) is 16.3. The summed E-state index contributed by atoms with van der Waals surface area (Å²) in [7, 11) is -3.42. The summed E-state index contributed by atoms with van der Waals surface area (Å²) in [4.78, 5) is 43.8. The number of fused-ring (bicyclic) bond motifs is 1. The van der Waals surface area contributed by atoms with E-state index in [1.165, 1.54) is 11.3 Å². The average molecular weight is 589 g/mol. The summed E-state index contributed by atoms with van der Waals surface area (Å²) in [6.07, 6.45) is 1.93. The minimum absolute atomic E-state index is 0.0462. The zero-order chi connectivity index (χ0) is 28.4. The second-order valence-electron chi connectivity index (χ2n) is 10.5. The number of benzene rings is 2. The van der Waals surface area contributed by atoms with E-state index in [0.29, 0.717) is 30.0 Å². The Labute approximate surface area is 238 Å². The fraction of sp³-hybridized carbons (Fsp3) is 0.414. The van der Waals surface area contributed by atoms with Crippen molar-refractivity contribution in [3.63, 3.8) is 0 Å². The maximum Gasteiger partial charge on any atom is 0.256 e. The van der Waals surface area contributed by atoms with E-state index in [1.54, 1.807) is 21.9 Å². The Morgan fingerprint density at radius 1 is 1.13 bits per heavy atom. The maximum atomic E-state index is 14.4. The largest absolute Gasteiger partial charge is 0.336 e. The molecule has 3 aromatic rings. The molecule has 0 spiro atoms. The molecule has 1 aliphatic rings. The normalized spacial score (nSPS) is 17.3. The van der Waals surface area contributed by atoms with Gasteiger partial charge in [0.25, 0.3) is 5.91 Å². The van der Waals surface area contributed by atoms with Gasteiger partial charge in [0.05, 0.1) is 5.56 Å². The molecule has 0 radical (unpaired) electrons. The molecular weight excluding hydrogens is 556 g/mol. The first-order chi connectivity index (χ1) is 18.4. The minimum Gasteiger partial charge on any atom is -0.336 e. The van der Waals surface area contributed by atoms with E-state index >= 15 is 0 Å². The van der Waals surface area contributed by atoms with Gasteiger partial charge in [0, 0.05) is 52.8 Å². The van der Waals surface area contributed by atoms with Crippen molar-refractivity contribution in [3.05, 3.63) is 70.1 Å². The van der Waals surface area contributed by atoms with Gasteiger partial charge in [-0.25, -0.2) is 8.42 Å². The van der Waals surface area contributed by atoms with Crippen LogP contribution in [0.1, 0.15) is 49.0 Å². The van der Waals surface area contributed by atoms with Gasteiger partial charge in [0.1, 0.15) is 17.1 Å². The Bertz CT molecular complexity index is 1500. The zero-order valence-corrected chi connectivity index (χ0v) is 24.7. The summed E-state index contributed by atoms with van der Waals surface area (Å²) >= 11 is 7.71. The fourth-order valence-electron chi connectivity index (χ4n) is 5.32. The number of ketones is 1. The molecule has 1 aromatic heterocycles. The van der Waals surface area contributed by atoms with Gasteiger partial charge in [-0.2, -0.15) is 0 Å². The summed E-state index contributed by atoms with van der Waals surface area (Å²) in [6.45, 7) is 4.90. The highest BCUT2D eigenvalue weighted by Gasteiger charge is 2.56. The number of carbonyl (C=O) groups is 3. The lowest BCUT2D eigenvalue weighted by molar-refractivity contribution is -0.156. The van der Waals surface area contributed by atoms with E-state index in [-0.39, 0.29) is 43.0 Å². The maximum absolute atomic E-state index is 14.4. The SMILES string of the molecule is CC(C)C1(C(=O)N(CCCC(=O)CS(C)(=O)=O)Cc2cccc(Cl)c2)CCN1C(=O)c1csc2ccccc12. The first kappa shape index (κ1) is 29.2. The zero-order valence-electron chi connectivity index (χ0n) is 22.4. The Balaban J connectivity index is 1.61. The first-order valence-electron chi connectivity index (χ1n) is 12.9. The van der Waals surface area contributed by atoms with E-state index in [0.717, 1.165) is 21.9 Å². The van der Waals surface area contributed by atoms with Crippen LogP contribution in [0.2, 0.25) is 5.02 Å². The number of likely N-dealkylation sites (tertiary alicyclic amines) is 1. The highest BCUT2D eigenvalue weighted by molar-refractivity contribution is 7.91. The van der Waals surface area contributed by atoms with Crippen LogP contribution >= 0.6 is 22.9 Å². The molecule has 7 nitrogen and oxygen atoms in total.